The van der Waals surface area contributed by atoms with Gasteiger partial charge in [0.05, 0.1) is 19.3 Å². The molecule has 0 aliphatic rings. The average Bonchev–Trinajstić information content (AvgIpc) is 2.81. The number of likely N-dealkylation sites (N-methyl/N-ethyl adjacent to an activating group) is 1. The maximum absolute atomic E-state index is 5.95. The van der Waals surface area contributed by atoms with Crippen LogP contribution in [0, 0.1) is 0 Å². The van der Waals surface area contributed by atoms with Gasteiger partial charge >= 0.3 is 0 Å². The van der Waals surface area contributed by atoms with Gasteiger partial charge in [-0.3, -0.25) is 0 Å². The second kappa shape index (κ2) is 27.6. The second-order valence-corrected chi connectivity index (χ2v) is 9.77. The van der Waals surface area contributed by atoms with E-state index < -0.39 is 0 Å². The van der Waals surface area contributed by atoms with Crippen LogP contribution in [0.1, 0.15) is 123 Å². The van der Waals surface area contributed by atoms with Gasteiger partial charge in [-0.05, 0) is 59.0 Å². The zero-order valence-electron chi connectivity index (χ0n) is 23.0. The first-order valence-corrected chi connectivity index (χ1v) is 14.3. The predicted octanol–water partition coefficient (Wildman–Crippen LogP) is 8.73. The number of hydrogen-bond donors (Lipinski definition) is 0. The summed E-state index contributed by atoms with van der Waals surface area (Å²) >= 11 is 0. The van der Waals surface area contributed by atoms with Crippen LogP contribution >= 0.6 is 0 Å². The van der Waals surface area contributed by atoms with Crippen molar-refractivity contribution in [2.45, 2.75) is 129 Å². The Morgan fingerprint density at radius 3 is 1.48 bits per heavy atom. The van der Waals surface area contributed by atoms with Gasteiger partial charge in [0.15, 0.2) is 0 Å². The molecule has 1 atom stereocenters. The van der Waals surface area contributed by atoms with Gasteiger partial charge in [0.1, 0.15) is 0 Å². The fourth-order valence-corrected chi connectivity index (χ4v) is 3.79. The van der Waals surface area contributed by atoms with E-state index in [1.807, 2.05) is 0 Å². The number of allylic oxidation sites excluding steroid dienone is 4. The van der Waals surface area contributed by atoms with E-state index in [0.717, 1.165) is 32.8 Å². The van der Waals surface area contributed by atoms with Gasteiger partial charge in [0, 0.05) is 13.2 Å². The van der Waals surface area contributed by atoms with Gasteiger partial charge in [-0.1, -0.05) is 102 Å². The molecule has 3 heteroatoms. The zero-order chi connectivity index (χ0) is 24.2. The topological polar surface area (TPSA) is 21.7 Å². The number of rotatable bonds is 26. The molecular formula is C30H59NO2. The molecule has 0 aliphatic carbocycles. The fraction of sp³-hybridized carbons (Fsp3) is 0.867. The van der Waals surface area contributed by atoms with Gasteiger partial charge in [-0.15, -0.1) is 0 Å². The van der Waals surface area contributed by atoms with Gasteiger partial charge in [-0.2, -0.15) is 0 Å². The van der Waals surface area contributed by atoms with Crippen molar-refractivity contribution in [3.05, 3.63) is 24.3 Å². The van der Waals surface area contributed by atoms with E-state index in [0.29, 0.717) is 6.04 Å². The highest BCUT2D eigenvalue weighted by atomic mass is 16.5. The second-order valence-electron chi connectivity index (χ2n) is 9.77. The van der Waals surface area contributed by atoms with E-state index in [-0.39, 0.29) is 0 Å². The van der Waals surface area contributed by atoms with Crippen LogP contribution in [0.2, 0.25) is 0 Å². The Balaban J connectivity index is 3.44. The molecule has 0 heterocycles. The SMILES string of the molecule is CCCCC/C=C\C/C=C\CCCCCCCCOC[C@H](COCCCCCCC)N(C)C. The number of nitrogens with zero attached hydrogens (tertiary/aromatic N) is 1. The molecule has 0 rings (SSSR count). The van der Waals surface area contributed by atoms with E-state index in [2.05, 4.69) is 57.1 Å². The van der Waals surface area contributed by atoms with E-state index in [9.17, 15) is 0 Å². The van der Waals surface area contributed by atoms with E-state index in [4.69, 9.17) is 9.47 Å². The molecule has 0 radical (unpaired) electrons. The summed E-state index contributed by atoms with van der Waals surface area (Å²) in [6.07, 6.45) is 31.3. The van der Waals surface area contributed by atoms with E-state index >= 15 is 0 Å². The number of unbranched alkanes of at least 4 members (excludes halogenated alkanes) is 13. The first kappa shape index (κ1) is 32.4. The smallest absolute Gasteiger partial charge is 0.0644 e. The molecule has 0 saturated carbocycles. The molecule has 0 saturated heterocycles. The maximum atomic E-state index is 5.95. The Bertz CT molecular complexity index is 420. The molecule has 0 aliphatic heterocycles. The van der Waals surface area contributed by atoms with Crippen molar-refractivity contribution in [1.82, 2.24) is 4.90 Å². The highest BCUT2D eigenvalue weighted by Crippen LogP contribution is 2.09. The van der Waals surface area contributed by atoms with Gasteiger partial charge in [0.2, 0.25) is 0 Å². The third-order valence-corrected chi connectivity index (χ3v) is 6.23. The van der Waals surface area contributed by atoms with E-state index in [1.165, 1.54) is 103 Å². The molecule has 0 amide bonds. The molecule has 0 N–H and O–H groups in total. The fourth-order valence-electron chi connectivity index (χ4n) is 3.79. The molecule has 3 nitrogen and oxygen atoms in total. The highest BCUT2D eigenvalue weighted by molar-refractivity contribution is 4.92. The Morgan fingerprint density at radius 2 is 0.970 bits per heavy atom. The first-order chi connectivity index (χ1) is 16.2. The maximum Gasteiger partial charge on any atom is 0.0644 e. The summed E-state index contributed by atoms with van der Waals surface area (Å²) in [7, 11) is 4.25. The molecule has 196 valence electrons. The van der Waals surface area contributed by atoms with Crippen LogP contribution in [0.25, 0.3) is 0 Å². The van der Waals surface area contributed by atoms with Gasteiger partial charge in [-0.25, -0.2) is 0 Å². The minimum Gasteiger partial charge on any atom is -0.380 e. The van der Waals surface area contributed by atoms with Crippen molar-refractivity contribution in [2.75, 3.05) is 40.5 Å². The van der Waals surface area contributed by atoms with Crippen molar-refractivity contribution in [3.8, 4) is 0 Å². The lowest BCUT2D eigenvalue weighted by Gasteiger charge is -2.24. The molecule has 0 bridgehead atoms. The van der Waals surface area contributed by atoms with Crippen molar-refractivity contribution < 1.29 is 9.47 Å². The lowest BCUT2D eigenvalue weighted by molar-refractivity contribution is 0.0197. The predicted molar refractivity (Wildman–Crippen MR) is 147 cm³/mol. The van der Waals surface area contributed by atoms with Crippen LogP contribution in [0.15, 0.2) is 24.3 Å². The van der Waals surface area contributed by atoms with Crippen LogP contribution in [-0.4, -0.2) is 51.5 Å². The molecule has 0 aromatic rings. The van der Waals surface area contributed by atoms with Gasteiger partial charge < -0.3 is 14.4 Å². The summed E-state index contributed by atoms with van der Waals surface area (Å²) in [6, 6.07) is 0.366. The molecule has 0 unspecified atom stereocenters. The molecule has 0 spiro atoms. The molecule has 0 aromatic carbocycles. The number of ether oxygens (including phenoxy) is 2. The summed E-state index contributed by atoms with van der Waals surface area (Å²) < 4.78 is 11.8. The zero-order valence-corrected chi connectivity index (χ0v) is 23.0. The van der Waals surface area contributed by atoms with Crippen LogP contribution in [0.5, 0.6) is 0 Å². The van der Waals surface area contributed by atoms with Crippen LogP contribution in [-0.2, 0) is 9.47 Å². The third-order valence-electron chi connectivity index (χ3n) is 6.23. The minimum absolute atomic E-state index is 0.366. The first-order valence-electron chi connectivity index (χ1n) is 14.3. The van der Waals surface area contributed by atoms with Crippen LogP contribution in [0.4, 0.5) is 0 Å². The average molecular weight is 466 g/mol. The van der Waals surface area contributed by atoms with Crippen molar-refractivity contribution in [3.63, 3.8) is 0 Å². The van der Waals surface area contributed by atoms with Crippen LogP contribution < -0.4 is 0 Å². The quantitative estimate of drug-likeness (QED) is 0.0941. The summed E-state index contributed by atoms with van der Waals surface area (Å²) in [5.74, 6) is 0. The minimum atomic E-state index is 0.366. The standard InChI is InChI=1S/C30H59NO2/c1-5-7-9-11-12-13-14-15-16-17-18-19-20-21-23-25-27-33-29-30(31(3)4)28-32-26-24-22-10-8-6-2/h12-13,15-16,30H,5-11,14,17-29H2,1-4H3/b13-12-,16-15-/t30-/m0/s1. The number of hydrogen-bond acceptors (Lipinski definition) is 3. The summed E-state index contributed by atoms with van der Waals surface area (Å²) in [5.41, 5.74) is 0. The Kier molecular flexibility index (Phi) is 27.1. The summed E-state index contributed by atoms with van der Waals surface area (Å²) in [4.78, 5) is 2.23. The molecular weight excluding hydrogens is 406 g/mol. The lowest BCUT2D eigenvalue weighted by atomic mass is 10.1. The molecule has 33 heavy (non-hydrogen) atoms. The Labute approximate surface area is 208 Å². The van der Waals surface area contributed by atoms with Crippen molar-refractivity contribution >= 4 is 0 Å². The van der Waals surface area contributed by atoms with Crippen molar-refractivity contribution in [2.24, 2.45) is 0 Å². The third kappa shape index (κ3) is 25.8. The Hall–Kier alpha value is -0.640. The van der Waals surface area contributed by atoms with Gasteiger partial charge in [0.25, 0.3) is 0 Å². The monoisotopic (exact) mass is 465 g/mol. The van der Waals surface area contributed by atoms with Crippen molar-refractivity contribution in [1.29, 1.82) is 0 Å². The van der Waals surface area contributed by atoms with E-state index in [1.54, 1.807) is 0 Å². The summed E-state index contributed by atoms with van der Waals surface area (Å²) in [5, 5.41) is 0. The van der Waals surface area contributed by atoms with Crippen LogP contribution in [0.3, 0.4) is 0 Å². The molecule has 0 fully saturated rings. The normalized spacial score (nSPS) is 13.1. The Morgan fingerprint density at radius 1 is 0.545 bits per heavy atom. The largest absolute Gasteiger partial charge is 0.380 e. The lowest BCUT2D eigenvalue weighted by Crippen LogP contribution is -2.37. The highest BCUT2D eigenvalue weighted by Gasteiger charge is 2.11. The summed E-state index contributed by atoms with van der Waals surface area (Å²) in [6.45, 7) is 7.86. The molecule has 0 aromatic heterocycles.